The summed E-state index contributed by atoms with van der Waals surface area (Å²) in [7, 11) is 1.11. The Hall–Kier alpha value is -0.730. The van der Waals surface area contributed by atoms with Crippen LogP contribution in [0.3, 0.4) is 0 Å². The van der Waals surface area contributed by atoms with Crippen molar-refractivity contribution in [3.05, 3.63) is 0 Å². The molecule has 0 spiro atoms. The molecule has 82 valence electrons. The molecule has 14 heavy (non-hydrogen) atoms. The third kappa shape index (κ3) is 1.86. The van der Waals surface area contributed by atoms with Gasteiger partial charge >= 0.3 is 5.97 Å². The van der Waals surface area contributed by atoms with Gasteiger partial charge in [-0.25, -0.2) is 4.79 Å². The van der Waals surface area contributed by atoms with Crippen molar-refractivity contribution in [2.24, 2.45) is 5.73 Å². The van der Waals surface area contributed by atoms with Gasteiger partial charge in [-0.3, -0.25) is 0 Å². The fourth-order valence-corrected chi connectivity index (χ4v) is 1.22. The summed E-state index contributed by atoms with van der Waals surface area (Å²) in [4.78, 5) is 11.0. The fourth-order valence-electron chi connectivity index (χ4n) is 1.22. The summed E-state index contributed by atoms with van der Waals surface area (Å²) in [5.74, 6) is -0.848. The van der Waals surface area contributed by atoms with Crippen LogP contribution in [-0.4, -0.2) is 59.0 Å². The number of esters is 1. The topological polar surface area (TPSA) is 122 Å². The molecule has 0 unspecified atom stereocenters. The smallest absolute Gasteiger partial charge is 0.337 e. The molecule has 1 rings (SSSR count). The molecular formula is C7H13NO6. The van der Waals surface area contributed by atoms with Gasteiger partial charge in [-0.05, 0) is 0 Å². The highest BCUT2D eigenvalue weighted by Crippen LogP contribution is 2.19. The second kappa shape index (κ2) is 4.20. The van der Waals surface area contributed by atoms with Gasteiger partial charge < -0.3 is 30.5 Å². The monoisotopic (exact) mass is 207 g/mol. The van der Waals surface area contributed by atoms with E-state index in [-0.39, 0.29) is 0 Å². The lowest BCUT2D eigenvalue weighted by atomic mass is 9.97. The van der Waals surface area contributed by atoms with Gasteiger partial charge in [0.15, 0.2) is 12.4 Å². The Morgan fingerprint density at radius 1 is 1.36 bits per heavy atom. The van der Waals surface area contributed by atoms with Crippen LogP contribution < -0.4 is 5.73 Å². The number of carbonyl (C=O) groups is 1. The average molecular weight is 207 g/mol. The summed E-state index contributed by atoms with van der Waals surface area (Å²) in [6.07, 6.45) is -5.79. The average Bonchev–Trinajstić information content (AvgIpc) is 2.19. The molecule has 5 N–H and O–H groups in total. The zero-order valence-electron chi connectivity index (χ0n) is 7.53. The number of hydrogen-bond acceptors (Lipinski definition) is 7. The van der Waals surface area contributed by atoms with E-state index >= 15 is 0 Å². The Kier molecular flexibility index (Phi) is 3.40. The quantitative estimate of drug-likeness (QED) is 0.336. The highest BCUT2D eigenvalue weighted by molar-refractivity contribution is 5.75. The second-order valence-corrected chi connectivity index (χ2v) is 3.03. The van der Waals surface area contributed by atoms with E-state index in [0.29, 0.717) is 0 Å². The van der Waals surface area contributed by atoms with Crippen molar-refractivity contribution in [3.8, 4) is 0 Å². The van der Waals surface area contributed by atoms with Crippen LogP contribution >= 0.6 is 0 Å². The number of carbonyl (C=O) groups excluding carboxylic acids is 1. The first kappa shape index (κ1) is 11.3. The summed E-state index contributed by atoms with van der Waals surface area (Å²) >= 11 is 0. The van der Waals surface area contributed by atoms with Crippen LogP contribution in [-0.2, 0) is 14.3 Å². The van der Waals surface area contributed by atoms with Crippen molar-refractivity contribution in [2.75, 3.05) is 7.11 Å². The molecule has 5 atom stereocenters. The third-order valence-electron chi connectivity index (χ3n) is 2.11. The minimum absolute atomic E-state index is 0.848. The van der Waals surface area contributed by atoms with Gasteiger partial charge in [0.05, 0.1) is 13.2 Å². The maximum absolute atomic E-state index is 11.0. The number of ether oxygens (including phenoxy) is 2. The van der Waals surface area contributed by atoms with Gasteiger partial charge in [-0.1, -0.05) is 0 Å². The number of aliphatic hydroxyl groups is 3. The molecule has 1 aliphatic rings. The molecule has 0 aromatic rings. The molecule has 1 fully saturated rings. The first-order valence-corrected chi connectivity index (χ1v) is 4.02. The first-order chi connectivity index (χ1) is 6.49. The Bertz CT molecular complexity index is 222. The van der Waals surface area contributed by atoms with Crippen LogP contribution in [0.4, 0.5) is 0 Å². The third-order valence-corrected chi connectivity index (χ3v) is 2.11. The van der Waals surface area contributed by atoms with E-state index in [4.69, 9.17) is 10.8 Å². The first-order valence-electron chi connectivity index (χ1n) is 4.02. The number of methoxy groups -OCH3 is 1. The van der Waals surface area contributed by atoms with Crippen molar-refractivity contribution in [1.82, 2.24) is 0 Å². The van der Waals surface area contributed by atoms with Crippen molar-refractivity contribution < 1.29 is 29.6 Å². The van der Waals surface area contributed by atoms with Gasteiger partial charge in [0, 0.05) is 0 Å². The van der Waals surface area contributed by atoms with E-state index in [9.17, 15) is 15.0 Å². The van der Waals surface area contributed by atoms with Gasteiger partial charge in [-0.2, -0.15) is 0 Å². The standard InChI is InChI=1S/C7H13NO6/c1-13-7(12)5-3(9)2(8)4(10)6(11)14-5/h2-6,9-11H,8H2,1H3/t2-,3+,4-,5+,6-/m1/s1. The van der Waals surface area contributed by atoms with Crippen LogP contribution in [0, 0.1) is 0 Å². The molecule has 1 heterocycles. The van der Waals surface area contributed by atoms with Crippen LogP contribution in [0.5, 0.6) is 0 Å². The van der Waals surface area contributed by atoms with E-state index in [1.54, 1.807) is 0 Å². The summed E-state index contributed by atoms with van der Waals surface area (Å²) < 4.78 is 8.95. The second-order valence-electron chi connectivity index (χ2n) is 3.03. The lowest BCUT2D eigenvalue weighted by Gasteiger charge is -2.37. The lowest BCUT2D eigenvalue weighted by Crippen LogP contribution is -2.63. The SMILES string of the molecule is COC(=O)[C@H]1O[C@@H](O)[C@H](O)[C@H](N)[C@@H]1O. The molecule has 1 saturated heterocycles. The largest absolute Gasteiger partial charge is 0.467 e. The van der Waals surface area contributed by atoms with E-state index in [1.165, 1.54) is 0 Å². The molecule has 0 bridgehead atoms. The van der Waals surface area contributed by atoms with Crippen molar-refractivity contribution >= 4 is 5.97 Å². The predicted molar refractivity (Wildman–Crippen MR) is 42.9 cm³/mol. The molecular weight excluding hydrogens is 194 g/mol. The summed E-state index contributed by atoms with van der Waals surface area (Å²) in [6, 6.07) is -1.15. The van der Waals surface area contributed by atoms with Crippen molar-refractivity contribution in [1.29, 1.82) is 0 Å². The summed E-state index contributed by atoms with van der Waals surface area (Å²) in [5.41, 5.74) is 5.35. The number of rotatable bonds is 1. The molecule has 0 aromatic heterocycles. The van der Waals surface area contributed by atoms with Gasteiger partial charge in [0.25, 0.3) is 0 Å². The maximum atomic E-state index is 11.0. The number of nitrogens with two attached hydrogens (primary N) is 1. The zero-order chi connectivity index (χ0) is 10.9. The van der Waals surface area contributed by atoms with Crippen LogP contribution in [0.25, 0.3) is 0 Å². The summed E-state index contributed by atoms with van der Waals surface area (Å²) in [5, 5.41) is 27.7. The van der Waals surface area contributed by atoms with Crippen LogP contribution in [0.2, 0.25) is 0 Å². The maximum Gasteiger partial charge on any atom is 0.337 e. The number of aliphatic hydroxyl groups excluding tert-OH is 3. The summed E-state index contributed by atoms with van der Waals surface area (Å²) in [6.45, 7) is 0. The highest BCUT2D eigenvalue weighted by Gasteiger charge is 2.45. The van der Waals surface area contributed by atoms with Crippen LogP contribution in [0.1, 0.15) is 0 Å². The zero-order valence-corrected chi connectivity index (χ0v) is 7.53. The molecule has 0 radical (unpaired) electrons. The Balaban J connectivity index is 2.75. The van der Waals surface area contributed by atoms with Gasteiger partial charge in [0.1, 0.15) is 12.2 Å². The molecule has 7 nitrogen and oxygen atoms in total. The Morgan fingerprint density at radius 3 is 2.43 bits per heavy atom. The highest BCUT2D eigenvalue weighted by atomic mass is 16.7. The van der Waals surface area contributed by atoms with Crippen LogP contribution in [0.15, 0.2) is 0 Å². The van der Waals surface area contributed by atoms with E-state index in [2.05, 4.69) is 9.47 Å². The Labute approximate surface area is 80.0 Å². The molecule has 0 saturated carbocycles. The fraction of sp³-hybridized carbons (Fsp3) is 0.857. The van der Waals surface area contributed by atoms with E-state index < -0.39 is 36.6 Å². The van der Waals surface area contributed by atoms with Crippen molar-refractivity contribution in [2.45, 2.75) is 30.6 Å². The minimum Gasteiger partial charge on any atom is -0.467 e. The molecule has 1 aliphatic heterocycles. The molecule has 0 aromatic carbocycles. The lowest BCUT2D eigenvalue weighted by molar-refractivity contribution is -0.254. The molecule has 7 heteroatoms. The number of hydrogen-bond donors (Lipinski definition) is 4. The van der Waals surface area contributed by atoms with Gasteiger partial charge in [-0.15, -0.1) is 0 Å². The molecule has 0 aliphatic carbocycles. The normalized spacial score (nSPS) is 43.4. The van der Waals surface area contributed by atoms with Gasteiger partial charge in [0.2, 0.25) is 0 Å². The molecule has 0 amide bonds. The minimum atomic E-state index is -1.60. The van der Waals surface area contributed by atoms with Crippen molar-refractivity contribution in [3.63, 3.8) is 0 Å². The Morgan fingerprint density at radius 2 is 1.93 bits per heavy atom. The van der Waals surface area contributed by atoms with E-state index in [1.807, 2.05) is 0 Å². The van der Waals surface area contributed by atoms with E-state index in [0.717, 1.165) is 7.11 Å². The predicted octanol–water partition coefficient (Wildman–Crippen LogP) is -3.07.